The summed E-state index contributed by atoms with van der Waals surface area (Å²) in [6.07, 6.45) is 6.26. The molecule has 0 aliphatic rings. The first kappa shape index (κ1) is 19.7. The normalized spacial score (nSPS) is 13.8. The zero-order valence-electron chi connectivity index (χ0n) is 11.4. The van der Waals surface area contributed by atoms with E-state index in [1.165, 1.54) is 13.5 Å². The van der Waals surface area contributed by atoms with Crippen molar-refractivity contribution < 1.29 is 44.2 Å². The molecule has 0 amide bonds. The Bertz CT molecular complexity index is 189. The molecule has 0 aromatic heterocycles. The van der Waals surface area contributed by atoms with Gasteiger partial charge >= 0.3 is 29.6 Å². The molecule has 4 nitrogen and oxygen atoms in total. The zero-order chi connectivity index (χ0) is 12.4. The molecule has 17 heavy (non-hydrogen) atoms. The maximum Gasteiger partial charge on any atom is 1.00 e. The van der Waals surface area contributed by atoms with Crippen molar-refractivity contribution in [2.24, 2.45) is 5.73 Å². The molecule has 2 atom stereocenters. The topological polar surface area (TPSA) is 75.4 Å². The van der Waals surface area contributed by atoms with Crippen LogP contribution in [0.5, 0.6) is 0 Å². The second kappa shape index (κ2) is 12.8. The molecular formula is C12H24NNaO3. The van der Waals surface area contributed by atoms with Gasteiger partial charge in [-0.05, 0) is 19.8 Å². The van der Waals surface area contributed by atoms with E-state index in [4.69, 9.17) is 10.5 Å². The number of hydrogen-bond acceptors (Lipinski definition) is 4. The summed E-state index contributed by atoms with van der Waals surface area (Å²) >= 11 is 0. The molecule has 0 heterocycles. The number of ether oxygens (including phenoxy) is 1. The molecule has 0 bridgehead atoms. The van der Waals surface area contributed by atoms with E-state index in [0.29, 0.717) is 6.42 Å². The summed E-state index contributed by atoms with van der Waals surface area (Å²) in [5.74, 6) is -1.11. The number of carbonyl (C=O) groups excluding carboxylic acids is 1. The third-order valence-corrected chi connectivity index (χ3v) is 2.67. The number of carboxylic acids is 1. The average Bonchev–Trinajstić information content (AvgIpc) is 2.21. The van der Waals surface area contributed by atoms with Crippen LogP contribution in [0.4, 0.5) is 0 Å². The van der Waals surface area contributed by atoms with Crippen molar-refractivity contribution in [3.05, 3.63) is 0 Å². The molecule has 0 saturated carbocycles. The molecule has 0 aliphatic carbocycles. The van der Waals surface area contributed by atoms with Crippen LogP contribution in [0.15, 0.2) is 0 Å². The summed E-state index contributed by atoms with van der Waals surface area (Å²) in [6.45, 7) is 2.02. The molecular weight excluding hydrogens is 229 g/mol. The van der Waals surface area contributed by atoms with E-state index in [0.717, 1.165) is 32.1 Å². The van der Waals surface area contributed by atoms with Crippen molar-refractivity contribution >= 4 is 5.97 Å². The van der Waals surface area contributed by atoms with Gasteiger partial charge in [-0.25, -0.2) is 0 Å². The van der Waals surface area contributed by atoms with Gasteiger partial charge in [-0.15, -0.1) is 0 Å². The van der Waals surface area contributed by atoms with Crippen molar-refractivity contribution in [3.8, 4) is 0 Å². The molecule has 0 rings (SSSR count). The van der Waals surface area contributed by atoms with Crippen LogP contribution in [0.3, 0.4) is 0 Å². The Balaban J connectivity index is 0. The Hall–Kier alpha value is 0.390. The van der Waals surface area contributed by atoms with Crippen molar-refractivity contribution in [3.63, 3.8) is 0 Å². The van der Waals surface area contributed by atoms with E-state index < -0.39 is 12.1 Å². The first-order valence-electron chi connectivity index (χ1n) is 6.07. The summed E-state index contributed by atoms with van der Waals surface area (Å²) in [6, 6.07) is 0.288. The van der Waals surface area contributed by atoms with Crippen molar-refractivity contribution in [2.75, 3.05) is 7.11 Å². The van der Waals surface area contributed by atoms with Gasteiger partial charge in [-0.1, -0.05) is 32.1 Å². The van der Waals surface area contributed by atoms with Crippen LogP contribution >= 0.6 is 0 Å². The number of methoxy groups -OCH3 is 1. The summed E-state index contributed by atoms with van der Waals surface area (Å²) in [4.78, 5) is 10.5. The zero-order valence-corrected chi connectivity index (χ0v) is 13.4. The van der Waals surface area contributed by atoms with Gasteiger partial charge < -0.3 is 20.4 Å². The molecule has 2 N–H and O–H groups in total. The van der Waals surface area contributed by atoms with Crippen molar-refractivity contribution in [1.29, 1.82) is 0 Å². The minimum absolute atomic E-state index is 0. The minimum Gasteiger partial charge on any atom is -0.547 e. The van der Waals surface area contributed by atoms with Crippen LogP contribution in [-0.2, 0) is 9.53 Å². The standard InChI is InChI=1S/C12H25NO3.Na/c1-10(13)8-6-4-3-5-7-9-11(16-2)12(14)15;/h10-11H,3-9,13H2,1-2H3,(H,14,15);/q;+1/p-1. The van der Waals surface area contributed by atoms with Crippen LogP contribution in [-0.4, -0.2) is 25.2 Å². The molecule has 96 valence electrons. The average molecular weight is 253 g/mol. The summed E-state index contributed by atoms with van der Waals surface area (Å²) < 4.78 is 4.79. The Morgan fingerprint density at radius 3 is 2.06 bits per heavy atom. The second-order valence-electron chi connectivity index (χ2n) is 4.37. The monoisotopic (exact) mass is 253 g/mol. The largest absolute Gasteiger partial charge is 1.00 e. The molecule has 0 radical (unpaired) electrons. The number of nitrogens with two attached hydrogens (primary N) is 1. The van der Waals surface area contributed by atoms with Gasteiger partial charge in [0.05, 0.1) is 12.1 Å². The van der Waals surface area contributed by atoms with Gasteiger partial charge in [0.15, 0.2) is 0 Å². The van der Waals surface area contributed by atoms with E-state index in [-0.39, 0.29) is 35.6 Å². The molecule has 0 aromatic carbocycles. The Labute approximate surface area is 127 Å². The number of carboxylic acid groups (broad SMARTS) is 1. The first-order valence-corrected chi connectivity index (χ1v) is 6.07. The summed E-state index contributed by atoms with van der Waals surface area (Å²) in [5.41, 5.74) is 5.64. The fourth-order valence-electron chi connectivity index (χ4n) is 1.66. The van der Waals surface area contributed by atoms with Crippen molar-refractivity contribution in [1.82, 2.24) is 0 Å². The molecule has 0 aliphatic heterocycles. The summed E-state index contributed by atoms with van der Waals surface area (Å²) in [7, 11) is 1.41. The SMILES string of the molecule is COC(CCCCCCCC(C)N)C(=O)[O-].[Na+]. The second-order valence-corrected chi connectivity index (χ2v) is 4.37. The third kappa shape index (κ3) is 12.6. The predicted molar refractivity (Wildman–Crippen MR) is 61.8 cm³/mol. The third-order valence-electron chi connectivity index (χ3n) is 2.67. The van der Waals surface area contributed by atoms with Crippen LogP contribution in [0.1, 0.15) is 51.9 Å². The van der Waals surface area contributed by atoms with Crippen LogP contribution < -0.4 is 40.4 Å². The summed E-state index contributed by atoms with van der Waals surface area (Å²) in [5, 5.41) is 10.5. The van der Waals surface area contributed by atoms with E-state index in [1.54, 1.807) is 0 Å². The van der Waals surface area contributed by atoms with Gasteiger partial charge in [0.1, 0.15) is 0 Å². The number of aliphatic carboxylic acids is 1. The maximum absolute atomic E-state index is 10.5. The number of carbonyl (C=O) groups is 1. The molecule has 0 fully saturated rings. The van der Waals surface area contributed by atoms with Gasteiger partial charge in [0, 0.05) is 13.2 Å². The maximum atomic E-state index is 10.5. The number of hydrogen-bond donors (Lipinski definition) is 1. The van der Waals surface area contributed by atoms with E-state index >= 15 is 0 Å². The minimum atomic E-state index is -1.11. The van der Waals surface area contributed by atoms with Gasteiger partial charge in [-0.3, -0.25) is 0 Å². The molecule has 0 spiro atoms. The first-order chi connectivity index (χ1) is 7.57. The number of rotatable bonds is 10. The van der Waals surface area contributed by atoms with Gasteiger partial charge in [0.2, 0.25) is 0 Å². The van der Waals surface area contributed by atoms with Crippen LogP contribution in [0.2, 0.25) is 0 Å². The van der Waals surface area contributed by atoms with Crippen LogP contribution in [0.25, 0.3) is 0 Å². The van der Waals surface area contributed by atoms with Crippen LogP contribution in [0, 0.1) is 0 Å². The fourth-order valence-corrected chi connectivity index (χ4v) is 1.66. The smallest absolute Gasteiger partial charge is 0.547 e. The van der Waals surface area contributed by atoms with E-state index in [1.807, 2.05) is 6.92 Å². The Morgan fingerprint density at radius 2 is 1.65 bits per heavy atom. The Kier molecular flexibility index (Phi) is 14.9. The number of unbranched alkanes of at least 4 members (excludes halogenated alkanes) is 4. The van der Waals surface area contributed by atoms with E-state index in [9.17, 15) is 9.90 Å². The molecule has 0 aromatic rings. The molecule has 0 saturated heterocycles. The Morgan fingerprint density at radius 1 is 1.18 bits per heavy atom. The molecule has 2 unspecified atom stereocenters. The molecule has 5 heteroatoms. The van der Waals surface area contributed by atoms with Gasteiger partial charge in [-0.2, -0.15) is 0 Å². The quantitative estimate of drug-likeness (QED) is 0.355. The van der Waals surface area contributed by atoms with Crippen molar-refractivity contribution in [2.45, 2.75) is 64.0 Å². The van der Waals surface area contributed by atoms with Gasteiger partial charge in [0.25, 0.3) is 0 Å². The fraction of sp³-hybridized carbons (Fsp3) is 0.917. The van der Waals surface area contributed by atoms with E-state index in [2.05, 4.69) is 0 Å². The predicted octanol–water partition coefficient (Wildman–Crippen LogP) is -2.17.